The molecule has 0 aliphatic carbocycles. The Hall–Kier alpha value is -3.87. The van der Waals surface area contributed by atoms with Gasteiger partial charge in [0, 0.05) is 18.9 Å². The lowest BCUT2D eigenvalue weighted by Crippen LogP contribution is -2.42. The largest absolute Gasteiger partial charge is 0.481 e. The number of hydrogen-bond acceptors (Lipinski definition) is 4. The van der Waals surface area contributed by atoms with Crippen LogP contribution in [0, 0.1) is 19.8 Å². The minimum atomic E-state index is -0.824. The summed E-state index contributed by atoms with van der Waals surface area (Å²) >= 11 is 0. The number of aryl methyl sites for hydroxylation is 3. The van der Waals surface area contributed by atoms with E-state index in [1.165, 1.54) is 13.0 Å². The van der Waals surface area contributed by atoms with Gasteiger partial charge in [-0.3, -0.25) is 9.59 Å². The van der Waals surface area contributed by atoms with E-state index >= 15 is 0 Å². The van der Waals surface area contributed by atoms with Crippen molar-refractivity contribution in [1.29, 1.82) is 0 Å². The number of carboxylic acids is 1. The molecule has 1 amide bonds. The Morgan fingerprint density at radius 2 is 1.85 bits per heavy atom. The van der Waals surface area contributed by atoms with Crippen LogP contribution in [0.1, 0.15) is 63.3 Å². The quantitative estimate of drug-likeness (QED) is 0.283. The smallest absolute Gasteiger partial charge is 0.303 e. The molecule has 2 atom stereocenters. The molecule has 2 aromatic rings. The number of carbonyl (C=O) groups excluding carboxylic acids is 1. The number of nitrogens with one attached hydrogen (secondary N) is 2. The summed E-state index contributed by atoms with van der Waals surface area (Å²) in [7, 11) is 0. The Morgan fingerprint density at radius 3 is 2.44 bits per heavy atom. The van der Waals surface area contributed by atoms with E-state index in [-0.39, 0.29) is 30.6 Å². The predicted octanol–water partition coefficient (Wildman–Crippen LogP) is 7.07. The predicted molar refractivity (Wildman–Crippen MR) is 154 cm³/mol. The average molecular weight is 537 g/mol. The SMILES string of the molecule is C=CC1(C)NC(C(=O)NCc2cc(C)cc(Oc3ccc(CCC(=O)O)c(C)c3)c2)=C(C)C1/C=C(\C)F.CC. The zero-order valence-corrected chi connectivity index (χ0v) is 24.1. The molecule has 3 rings (SSSR count). The standard InChI is InChI=1S/C30H35FN2O4.C2H6/c1-7-30(6)26(15-20(4)31)21(5)28(33-30)29(36)32-17-22-12-18(2)13-25(16-22)37-24-10-8-23(19(3)14-24)9-11-27(34)35;1-2/h7-8,10,12-16,26,33H,1,9,11,17H2,2-6H3,(H,32,36)(H,34,35);1-2H3/b20-15+;. The molecule has 1 aliphatic heterocycles. The van der Waals surface area contributed by atoms with Crippen molar-refractivity contribution in [2.45, 2.75) is 73.4 Å². The molecule has 0 aromatic heterocycles. The molecule has 0 radical (unpaired) electrons. The molecule has 210 valence electrons. The van der Waals surface area contributed by atoms with E-state index in [1.54, 1.807) is 6.08 Å². The lowest BCUT2D eigenvalue weighted by molar-refractivity contribution is -0.137. The second-order valence-corrected chi connectivity index (χ2v) is 9.82. The highest BCUT2D eigenvalue weighted by molar-refractivity contribution is 5.94. The van der Waals surface area contributed by atoms with E-state index in [0.717, 1.165) is 27.8 Å². The molecule has 0 fully saturated rings. The van der Waals surface area contributed by atoms with Gasteiger partial charge in [-0.2, -0.15) is 0 Å². The Kier molecular flexibility index (Phi) is 11.1. The fourth-order valence-corrected chi connectivity index (χ4v) is 4.64. The fraction of sp³-hybridized carbons (Fsp3) is 0.375. The first kappa shape index (κ1) is 31.3. The maximum Gasteiger partial charge on any atom is 0.303 e. The van der Waals surface area contributed by atoms with Crippen LogP contribution in [0.4, 0.5) is 4.39 Å². The summed E-state index contributed by atoms with van der Waals surface area (Å²) in [6, 6.07) is 11.4. The summed E-state index contributed by atoms with van der Waals surface area (Å²) in [5.74, 6) is -0.421. The van der Waals surface area contributed by atoms with Crippen LogP contribution in [0.3, 0.4) is 0 Å². The third-order valence-electron chi connectivity index (χ3n) is 6.67. The van der Waals surface area contributed by atoms with Crippen molar-refractivity contribution in [2.75, 3.05) is 0 Å². The number of ether oxygens (including phenoxy) is 1. The van der Waals surface area contributed by atoms with E-state index in [9.17, 15) is 14.0 Å². The van der Waals surface area contributed by atoms with Gasteiger partial charge < -0.3 is 20.5 Å². The number of hydrogen-bond donors (Lipinski definition) is 3. The molecule has 1 aliphatic rings. The number of rotatable bonds is 10. The number of carbonyl (C=O) groups is 2. The topological polar surface area (TPSA) is 87.7 Å². The fourth-order valence-electron chi connectivity index (χ4n) is 4.64. The van der Waals surface area contributed by atoms with Gasteiger partial charge >= 0.3 is 5.97 Å². The van der Waals surface area contributed by atoms with Crippen LogP contribution in [0.2, 0.25) is 0 Å². The third-order valence-corrected chi connectivity index (χ3v) is 6.67. The monoisotopic (exact) mass is 536 g/mol. The number of halogens is 1. The number of benzene rings is 2. The molecule has 2 unspecified atom stereocenters. The Morgan fingerprint density at radius 1 is 1.15 bits per heavy atom. The first-order chi connectivity index (χ1) is 18.4. The Labute approximate surface area is 231 Å². The lowest BCUT2D eigenvalue weighted by atomic mass is 9.83. The van der Waals surface area contributed by atoms with Crippen molar-refractivity contribution < 1.29 is 23.8 Å². The molecular formula is C32H41FN2O4. The van der Waals surface area contributed by atoms with Gasteiger partial charge in [-0.05, 0) is 99.2 Å². The minimum Gasteiger partial charge on any atom is -0.481 e. The van der Waals surface area contributed by atoms with Crippen molar-refractivity contribution in [3.05, 3.63) is 94.5 Å². The van der Waals surface area contributed by atoms with E-state index in [0.29, 0.717) is 23.6 Å². The summed E-state index contributed by atoms with van der Waals surface area (Å²) in [5, 5.41) is 15.1. The maximum atomic E-state index is 13.7. The average Bonchev–Trinajstić information content (AvgIpc) is 3.13. The summed E-state index contributed by atoms with van der Waals surface area (Å²) in [6.07, 6.45) is 3.76. The van der Waals surface area contributed by atoms with E-state index < -0.39 is 11.5 Å². The third kappa shape index (κ3) is 8.31. The minimum absolute atomic E-state index is 0.0830. The summed E-state index contributed by atoms with van der Waals surface area (Å²) < 4.78 is 19.8. The second-order valence-electron chi connectivity index (χ2n) is 9.82. The molecule has 0 saturated carbocycles. The highest BCUT2D eigenvalue weighted by Gasteiger charge is 2.41. The van der Waals surface area contributed by atoms with Gasteiger partial charge in [0.2, 0.25) is 0 Å². The van der Waals surface area contributed by atoms with Crippen LogP contribution in [-0.4, -0.2) is 22.5 Å². The zero-order valence-electron chi connectivity index (χ0n) is 24.1. The van der Waals surface area contributed by atoms with Crippen molar-refractivity contribution >= 4 is 11.9 Å². The molecule has 3 N–H and O–H groups in total. The van der Waals surface area contributed by atoms with Crippen LogP contribution in [0.25, 0.3) is 0 Å². The highest BCUT2D eigenvalue weighted by atomic mass is 19.1. The van der Waals surface area contributed by atoms with Gasteiger partial charge in [0.1, 0.15) is 17.2 Å². The number of allylic oxidation sites excluding steroid dienone is 1. The normalized spacial score (nSPS) is 18.6. The number of amides is 1. The van der Waals surface area contributed by atoms with Gasteiger partial charge in [-0.1, -0.05) is 32.1 Å². The van der Waals surface area contributed by atoms with E-state index in [1.807, 2.05) is 77.9 Å². The molecular weight excluding hydrogens is 495 g/mol. The van der Waals surface area contributed by atoms with Crippen LogP contribution in [0.5, 0.6) is 11.5 Å². The highest BCUT2D eigenvalue weighted by Crippen LogP contribution is 2.36. The molecule has 6 nitrogen and oxygen atoms in total. The first-order valence-corrected chi connectivity index (χ1v) is 13.3. The lowest BCUT2D eigenvalue weighted by Gasteiger charge is -2.28. The summed E-state index contributed by atoms with van der Waals surface area (Å²) in [6.45, 7) is 17.1. The van der Waals surface area contributed by atoms with Crippen LogP contribution < -0.4 is 15.4 Å². The van der Waals surface area contributed by atoms with Gasteiger partial charge in [0.05, 0.1) is 11.4 Å². The Balaban J connectivity index is 0.00000260. The van der Waals surface area contributed by atoms with Crippen molar-refractivity contribution in [1.82, 2.24) is 10.6 Å². The van der Waals surface area contributed by atoms with E-state index in [2.05, 4.69) is 17.2 Å². The molecule has 0 saturated heterocycles. The van der Waals surface area contributed by atoms with Crippen molar-refractivity contribution in [3.8, 4) is 11.5 Å². The Bertz CT molecular complexity index is 1280. The molecule has 7 heteroatoms. The molecule has 39 heavy (non-hydrogen) atoms. The van der Waals surface area contributed by atoms with E-state index in [4.69, 9.17) is 9.84 Å². The van der Waals surface area contributed by atoms with Gasteiger partial charge in [0.15, 0.2) is 0 Å². The maximum absolute atomic E-state index is 13.7. The van der Waals surface area contributed by atoms with Gasteiger partial charge in [-0.15, -0.1) is 6.58 Å². The van der Waals surface area contributed by atoms with Crippen molar-refractivity contribution in [2.24, 2.45) is 5.92 Å². The van der Waals surface area contributed by atoms with Gasteiger partial charge in [-0.25, -0.2) is 4.39 Å². The van der Waals surface area contributed by atoms with Crippen LogP contribution in [0.15, 0.2) is 72.2 Å². The summed E-state index contributed by atoms with van der Waals surface area (Å²) in [5.41, 5.74) is 4.31. The molecule has 0 bridgehead atoms. The number of carboxylic acid groups (broad SMARTS) is 1. The first-order valence-electron chi connectivity index (χ1n) is 13.3. The second kappa shape index (κ2) is 13.8. The molecule has 1 heterocycles. The van der Waals surface area contributed by atoms with Crippen molar-refractivity contribution in [3.63, 3.8) is 0 Å². The molecule has 2 aromatic carbocycles. The summed E-state index contributed by atoms with van der Waals surface area (Å²) in [4.78, 5) is 23.9. The zero-order chi connectivity index (χ0) is 29.3. The van der Waals surface area contributed by atoms with Crippen LogP contribution >= 0.6 is 0 Å². The van der Waals surface area contributed by atoms with Gasteiger partial charge in [0.25, 0.3) is 5.91 Å². The van der Waals surface area contributed by atoms with Crippen LogP contribution in [-0.2, 0) is 22.6 Å². The molecule has 0 spiro atoms. The number of aliphatic carboxylic acids is 1.